The summed E-state index contributed by atoms with van der Waals surface area (Å²) >= 11 is 9.39. The van der Waals surface area contributed by atoms with Crippen LogP contribution in [0.15, 0.2) is 62.0 Å². The normalized spacial score (nSPS) is 14.8. The van der Waals surface area contributed by atoms with Gasteiger partial charge < -0.3 is 19.5 Å². The average molecular weight is 631 g/mol. The van der Waals surface area contributed by atoms with Crippen molar-refractivity contribution in [1.29, 1.82) is 0 Å². The number of carbonyl (C=O) groups is 2. The second-order valence-corrected chi connectivity index (χ2v) is 9.36. The number of hydrogen-bond donors (Lipinski definition) is 2. The van der Waals surface area contributed by atoms with Gasteiger partial charge in [0.1, 0.15) is 22.2 Å². The van der Waals surface area contributed by atoms with Crippen molar-refractivity contribution in [2.45, 2.75) is 13.8 Å². The van der Waals surface area contributed by atoms with Gasteiger partial charge in [-0.15, -0.1) is 0 Å². The van der Waals surface area contributed by atoms with Gasteiger partial charge in [0.2, 0.25) is 0 Å². The van der Waals surface area contributed by atoms with Gasteiger partial charge in [-0.05, 0) is 56.7 Å². The SMILES string of the molecule is Cc1cccc(B(O)O)c1.Cc1cccc(C2=C(Br)C(=O)OC2)c1.O=C1OCC(Br)=C1Br. The highest BCUT2D eigenvalue weighted by atomic mass is 79.9. The highest BCUT2D eigenvalue weighted by molar-refractivity contribution is 9.14. The Hall–Kier alpha value is -1.72. The molecular formula is C22H20BBr3O6. The minimum atomic E-state index is -1.35. The first-order valence-electron chi connectivity index (χ1n) is 9.37. The topological polar surface area (TPSA) is 93.1 Å². The van der Waals surface area contributed by atoms with Crippen LogP contribution in [0.1, 0.15) is 16.7 Å². The standard InChI is InChI=1S/C11H9BrO2.C7H9BO2.C4H2Br2O2/c1-7-3-2-4-8(5-7)9-6-14-11(13)10(9)12;1-6-3-2-4-7(5-6)8(9)10;5-2-1-8-4(7)3(2)6/h2-5H,6H2,1H3;2-5,9-10H,1H3;1H2. The highest BCUT2D eigenvalue weighted by Gasteiger charge is 2.23. The molecule has 0 atom stereocenters. The van der Waals surface area contributed by atoms with E-state index in [2.05, 4.69) is 52.5 Å². The molecule has 2 aromatic carbocycles. The van der Waals surface area contributed by atoms with E-state index >= 15 is 0 Å². The van der Waals surface area contributed by atoms with Crippen molar-refractivity contribution in [3.63, 3.8) is 0 Å². The van der Waals surface area contributed by atoms with E-state index in [1.807, 2.05) is 44.2 Å². The molecule has 0 amide bonds. The molecule has 2 aliphatic heterocycles. The molecule has 0 bridgehead atoms. The van der Waals surface area contributed by atoms with Gasteiger partial charge in [0, 0.05) is 5.57 Å². The van der Waals surface area contributed by atoms with E-state index in [1.54, 1.807) is 18.2 Å². The number of esters is 2. The molecule has 0 saturated carbocycles. The largest absolute Gasteiger partial charge is 0.488 e. The third-order valence-corrected chi connectivity index (χ3v) is 7.01. The summed E-state index contributed by atoms with van der Waals surface area (Å²) in [5, 5.41) is 17.4. The molecule has 0 unspecified atom stereocenters. The van der Waals surface area contributed by atoms with Crippen molar-refractivity contribution in [3.05, 3.63) is 78.7 Å². The van der Waals surface area contributed by atoms with E-state index < -0.39 is 7.12 Å². The third-order valence-electron chi connectivity index (χ3n) is 4.25. The van der Waals surface area contributed by atoms with Crippen LogP contribution in [-0.2, 0) is 19.1 Å². The van der Waals surface area contributed by atoms with Crippen LogP contribution in [0.3, 0.4) is 0 Å². The summed E-state index contributed by atoms with van der Waals surface area (Å²) in [4.78, 5) is 21.5. The van der Waals surface area contributed by atoms with Crippen molar-refractivity contribution < 1.29 is 29.1 Å². The van der Waals surface area contributed by atoms with Gasteiger partial charge in [0.25, 0.3) is 0 Å². The lowest BCUT2D eigenvalue weighted by molar-refractivity contribution is -0.136. The number of cyclic esters (lactones) is 2. The van der Waals surface area contributed by atoms with E-state index in [9.17, 15) is 9.59 Å². The van der Waals surface area contributed by atoms with Crippen molar-refractivity contribution in [1.82, 2.24) is 0 Å². The summed E-state index contributed by atoms with van der Waals surface area (Å²) in [5.74, 6) is -0.571. The minimum Gasteiger partial charge on any atom is -0.457 e. The lowest BCUT2D eigenvalue weighted by Crippen LogP contribution is -2.29. The first kappa shape index (κ1) is 26.5. The molecule has 0 aliphatic carbocycles. The third kappa shape index (κ3) is 7.70. The van der Waals surface area contributed by atoms with Crippen molar-refractivity contribution >= 4 is 77.9 Å². The number of hydrogen-bond acceptors (Lipinski definition) is 6. The Labute approximate surface area is 211 Å². The van der Waals surface area contributed by atoms with Crippen molar-refractivity contribution in [3.8, 4) is 0 Å². The molecule has 0 spiro atoms. The second kappa shape index (κ2) is 12.5. The summed E-state index contributed by atoms with van der Waals surface area (Å²) in [5.41, 5.74) is 4.72. The van der Waals surface area contributed by atoms with Crippen molar-refractivity contribution in [2.75, 3.05) is 13.2 Å². The zero-order valence-corrected chi connectivity index (χ0v) is 22.0. The number of benzene rings is 2. The minimum absolute atomic E-state index is 0.276. The van der Waals surface area contributed by atoms with Crippen LogP contribution < -0.4 is 5.46 Å². The second-order valence-electron chi connectivity index (χ2n) is 6.82. The summed E-state index contributed by atoms with van der Waals surface area (Å²) in [7, 11) is -1.35. The molecule has 32 heavy (non-hydrogen) atoms. The Morgan fingerprint density at radius 1 is 0.812 bits per heavy atom. The molecule has 10 heteroatoms. The number of halogens is 3. The zero-order valence-electron chi connectivity index (χ0n) is 17.3. The molecule has 168 valence electrons. The van der Waals surface area contributed by atoms with Crippen LogP contribution in [0.25, 0.3) is 5.57 Å². The Bertz CT molecular complexity index is 1070. The first-order valence-corrected chi connectivity index (χ1v) is 11.7. The van der Waals surface area contributed by atoms with E-state index in [0.717, 1.165) is 21.2 Å². The smallest absolute Gasteiger partial charge is 0.457 e. The van der Waals surface area contributed by atoms with Gasteiger partial charge in [0.15, 0.2) is 0 Å². The van der Waals surface area contributed by atoms with Crippen LogP contribution in [0.5, 0.6) is 0 Å². The number of rotatable bonds is 2. The molecule has 2 aliphatic rings. The quantitative estimate of drug-likeness (QED) is 0.387. The summed E-state index contributed by atoms with van der Waals surface area (Å²) in [6.45, 7) is 4.66. The molecule has 6 nitrogen and oxygen atoms in total. The first-order chi connectivity index (χ1) is 15.1. The molecule has 2 aromatic rings. The average Bonchev–Trinajstić information content (AvgIpc) is 3.24. The maximum Gasteiger partial charge on any atom is 0.488 e. The Kier molecular flexibility index (Phi) is 10.4. The van der Waals surface area contributed by atoms with Crippen LogP contribution in [0.2, 0.25) is 0 Å². The monoisotopic (exact) mass is 628 g/mol. The Balaban J connectivity index is 0.000000178. The van der Waals surface area contributed by atoms with E-state index in [-0.39, 0.29) is 11.9 Å². The maximum atomic E-state index is 11.1. The molecule has 0 radical (unpaired) electrons. The van der Waals surface area contributed by atoms with Gasteiger partial charge in [-0.25, -0.2) is 9.59 Å². The van der Waals surface area contributed by atoms with Gasteiger partial charge in [-0.2, -0.15) is 0 Å². The highest BCUT2D eigenvalue weighted by Crippen LogP contribution is 2.29. The van der Waals surface area contributed by atoms with Gasteiger partial charge >= 0.3 is 19.1 Å². The molecule has 2 heterocycles. The molecule has 0 aromatic heterocycles. The van der Waals surface area contributed by atoms with Gasteiger partial charge in [-0.1, -0.05) is 75.6 Å². The Morgan fingerprint density at radius 3 is 1.75 bits per heavy atom. The predicted molar refractivity (Wildman–Crippen MR) is 135 cm³/mol. The molecule has 0 saturated heterocycles. The van der Waals surface area contributed by atoms with E-state index in [4.69, 9.17) is 14.8 Å². The fraction of sp³-hybridized carbons (Fsp3) is 0.182. The number of carbonyl (C=O) groups excluding carboxylic acids is 2. The van der Waals surface area contributed by atoms with E-state index in [1.165, 1.54) is 5.56 Å². The van der Waals surface area contributed by atoms with Crippen LogP contribution in [0, 0.1) is 13.8 Å². The number of aryl methyl sites for hydroxylation is 2. The lowest BCUT2D eigenvalue weighted by Gasteiger charge is -2.01. The molecule has 2 N–H and O–H groups in total. The lowest BCUT2D eigenvalue weighted by atomic mass is 9.80. The van der Waals surface area contributed by atoms with Crippen LogP contribution >= 0.6 is 47.8 Å². The summed E-state index contributed by atoms with van der Waals surface area (Å²) in [6, 6.07) is 15.1. The number of ether oxygens (including phenoxy) is 2. The van der Waals surface area contributed by atoms with Gasteiger partial charge in [0.05, 0.1) is 4.48 Å². The predicted octanol–water partition coefficient (Wildman–Crippen LogP) is 3.88. The van der Waals surface area contributed by atoms with Crippen LogP contribution in [-0.4, -0.2) is 42.3 Å². The summed E-state index contributed by atoms with van der Waals surface area (Å²) < 4.78 is 11.3. The Morgan fingerprint density at radius 2 is 1.38 bits per heavy atom. The zero-order chi connectivity index (χ0) is 23.8. The molecular weight excluding hydrogens is 611 g/mol. The van der Waals surface area contributed by atoms with E-state index in [0.29, 0.717) is 27.6 Å². The summed E-state index contributed by atoms with van der Waals surface area (Å²) in [6.07, 6.45) is 0. The van der Waals surface area contributed by atoms with Crippen LogP contribution in [0.4, 0.5) is 0 Å². The van der Waals surface area contributed by atoms with Gasteiger partial charge in [-0.3, -0.25) is 0 Å². The molecule has 0 fully saturated rings. The maximum absolute atomic E-state index is 11.1. The molecule has 4 rings (SSSR count). The fourth-order valence-corrected chi connectivity index (χ4v) is 3.59. The fourth-order valence-electron chi connectivity index (χ4n) is 2.63. The van der Waals surface area contributed by atoms with Crippen molar-refractivity contribution in [2.24, 2.45) is 0 Å².